The average Bonchev–Trinajstić information content (AvgIpc) is 2.96. The second-order valence-electron chi connectivity index (χ2n) is 6.02. The van der Waals surface area contributed by atoms with E-state index < -0.39 is 11.9 Å². The van der Waals surface area contributed by atoms with Crippen molar-refractivity contribution in [2.75, 3.05) is 6.61 Å². The van der Waals surface area contributed by atoms with Crippen molar-refractivity contribution in [2.24, 2.45) is 0 Å². The van der Waals surface area contributed by atoms with E-state index in [1.165, 1.54) is 10.9 Å². The molecule has 2 aromatic rings. The molecule has 0 fully saturated rings. The number of rotatable bonds is 6. The topological polar surface area (TPSA) is 50.1 Å². The van der Waals surface area contributed by atoms with E-state index >= 15 is 0 Å². The third kappa shape index (κ3) is 4.80. The fourth-order valence-corrected chi connectivity index (χ4v) is 2.09. The van der Waals surface area contributed by atoms with E-state index in [1.807, 2.05) is 26.0 Å². The Labute approximate surface area is 132 Å². The van der Waals surface area contributed by atoms with E-state index in [4.69, 9.17) is 5.11 Å². The minimum Gasteiger partial charge on any atom is -0.396 e. The molecule has 23 heavy (non-hydrogen) atoms. The molecule has 0 atom stereocenters. The first kappa shape index (κ1) is 17.5. The molecule has 2 N–H and O–H groups in total. The molecule has 4 nitrogen and oxygen atoms in total. The molecule has 0 amide bonds. The highest BCUT2D eigenvalue weighted by atomic mass is 19.4. The lowest BCUT2D eigenvalue weighted by Crippen LogP contribution is -2.39. The first-order valence-corrected chi connectivity index (χ1v) is 7.29. The number of hydrogen-bond acceptors (Lipinski definition) is 3. The standard InChI is InChI=1S/C16H20F3N3O/c1-15(2,8-10-23)20-11-12-3-5-13(6-4-12)22-9-7-14(21-22)16(17,18)19/h3-7,9,20,23H,8,10-11H2,1-2H3. The Bertz CT molecular complexity index is 633. The molecule has 0 saturated carbocycles. The zero-order valence-corrected chi connectivity index (χ0v) is 13.1. The third-order valence-corrected chi connectivity index (χ3v) is 3.59. The fourth-order valence-electron chi connectivity index (χ4n) is 2.09. The van der Waals surface area contributed by atoms with Crippen molar-refractivity contribution in [3.63, 3.8) is 0 Å². The van der Waals surface area contributed by atoms with Gasteiger partial charge in [0.2, 0.25) is 0 Å². The van der Waals surface area contributed by atoms with Crippen LogP contribution in [0.1, 0.15) is 31.5 Å². The number of benzene rings is 1. The Balaban J connectivity index is 2.04. The number of aliphatic hydroxyl groups is 1. The highest BCUT2D eigenvalue weighted by molar-refractivity contribution is 5.34. The maximum Gasteiger partial charge on any atom is 0.435 e. The normalized spacial score (nSPS) is 12.6. The molecule has 2 rings (SSSR count). The van der Waals surface area contributed by atoms with Gasteiger partial charge in [-0.1, -0.05) is 12.1 Å². The average molecular weight is 327 g/mol. The summed E-state index contributed by atoms with van der Waals surface area (Å²) in [5.41, 5.74) is 0.479. The summed E-state index contributed by atoms with van der Waals surface area (Å²) in [6.07, 6.45) is -2.51. The number of aliphatic hydroxyl groups excluding tert-OH is 1. The number of nitrogens with one attached hydrogen (secondary N) is 1. The Morgan fingerprint density at radius 3 is 2.30 bits per heavy atom. The molecule has 7 heteroatoms. The van der Waals surface area contributed by atoms with Crippen LogP contribution in [-0.2, 0) is 12.7 Å². The van der Waals surface area contributed by atoms with Gasteiger partial charge in [-0.15, -0.1) is 0 Å². The largest absolute Gasteiger partial charge is 0.435 e. The molecular weight excluding hydrogens is 307 g/mol. The van der Waals surface area contributed by atoms with Gasteiger partial charge in [0.1, 0.15) is 0 Å². The fraction of sp³-hybridized carbons (Fsp3) is 0.438. The molecule has 0 unspecified atom stereocenters. The molecule has 126 valence electrons. The molecule has 0 saturated heterocycles. The van der Waals surface area contributed by atoms with E-state index in [0.717, 1.165) is 11.6 Å². The second kappa shape index (κ2) is 6.72. The Morgan fingerprint density at radius 2 is 1.78 bits per heavy atom. The summed E-state index contributed by atoms with van der Waals surface area (Å²) < 4.78 is 38.9. The monoisotopic (exact) mass is 327 g/mol. The van der Waals surface area contributed by atoms with Crippen molar-refractivity contribution >= 4 is 0 Å². The minimum atomic E-state index is -4.44. The van der Waals surface area contributed by atoms with Crippen LogP contribution in [0.4, 0.5) is 13.2 Å². The Morgan fingerprint density at radius 1 is 1.13 bits per heavy atom. The molecule has 1 aromatic heterocycles. The van der Waals surface area contributed by atoms with Gasteiger partial charge < -0.3 is 10.4 Å². The summed E-state index contributed by atoms with van der Waals surface area (Å²) in [6.45, 7) is 4.72. The van der Waals surface area contributed by atoms with Gasteiger partial charge in [-0.3, -0.25) is 0 Å². The molecule has 0 aliphatic rings. The van der Waals surface area contributed by atoms with E-state index in [2.05, 4.69) is 10.4 Å². The summed E-state index contributed by atoms with van der Waals surface area (Å²) in [4.78, 5) is 0. The molecular formula is C16H20F3N3O. The number of hydrogen-bond donors (Lipinski definition) is 2. The molecule has 0 aliphatic heterocycles. The first-order valence-electron chi connectivity index (χ1n) is 7.29. The lowest BCUT2D eigenvalue weighted by molar-refractivity contribution is -0.141. The summed E-state index contributed by atoms with van der Waals surface area (Å²) in [6, 6.07) is 8.08. The van der Waals surface area contributed by atoms with Crippen LogP contribution < -0.4 is 5.32 Å². The van der Waals surface area contributed by atoms with Gasteiger partial charge in [0.25, 0.3) is 0 Å². The maximum absolute atomic E-state index is 12.6. The number of halogens is 3. The predicted molar refractivity (Wildman–Crippen MR) is 81.2 cm³/mol. The van der Waals surface area contributed by atoms with E-state index in [0.29, 0.717) is 18.7 Å². The van der Waals surface area contributed by atoms with Crippen LogP contribution in [0.15, 0.2) is 36.5 Å². The quantitative estimate of drug-likeness (QED) is 0.857. The smallest absolute Gasteiger partial charge is 0.396 e. The Hall–Kier alpha value is -1.86. The number of nitrogens with zero attached hydrogens (tertiary/aromatic N) is 2. The van der Waals surface area contributed by atoms with Crippen molar-refractivity contribution in [2.45, 2.75) is 38.5 Å². The zero-order valence-electron chi connectivity index (χ0n) is 13.1. The SMILES string of the molecule is CC(C)(CCO)NCc1ccc(-n2ccc(C(F)(F)F)n2)cc1. The molecule has 0 bridgehead atoms. The summed E-state index contributed by atoms with van der Waals surface area (Å²) in [7, 11) is 0. The Kier molecular flexibility index (Phi) is 5.11. The lowest BCUT2D eigenvalue weighted by atomic mass is 10.0. The predicted octanol–water partition coefficient (Wildman–Crippen LogP) is 3.14. The number of aromatic nitrogens is 2. The molecule has 1 aromatic carbocycles. The van der Waals surface area contributed by atoms with Crippen LogP contribution in [0, 0.1) is 0 Å². The van der Waals surface area contributed by atoms with Crippen LogP contribution in [-0.4, -0.2) is 27.0 Å². The van der Waals surface area contributed by atoms with Crippen molar-refractivity contribution in [3.05, 3.63) is 47.8 Å². The summed E-state index contributed by atoms with van der Waals surface area (Å²) in [5.74, 6) is 0. The van der Waals surface area contributed by atoms with Crippen molar-refractivity contribution < 1.29 is 18.3 Å². The second-order valence-corrected chi connectivity index (χ2v) is 6.02. The van der Waals surface area contributed by atoms with Gasteiger partial charge in [0, 0.05) is 24.9 Å². The van der Waals surface area contributed by atoms with Crippen LogP contribution in [0.5, 0.6) is 0 Å². The maximum atomic E-state index is 12.6. The van der Waals surface area contributed by atoms with Gasteiger partial charge in [-0.25, -0.2) is 4.68 Å². The van der Waals surface area contributed by atoms with E-state index in [9.17, 15) is 13.2 Å². The molecule has 0 spiro atoms. The van der Waals surface area contributed by atoms with Gasteiger partial charge in [-0.05, 0) is 44.0 Å². The van der Waals surface area contributed by atoms with E-state index in [1.54, 1.807) is 12.1 Å². The number of alkyl halides is 3. The van der Waals surface area contributed by atoms with Crippen molar-refractivity contribution in [1.29, 1.82) is 0 Å². The molecule has 1 heterocycles. The van der Waals surface area contributed by atoms with Crippen LogP contribution in [0.2, 0.25) is 0 Å². The highest BCUT2D eigenvalue weighted by Gasteiger charge is 2.33. The van der Waals surface area contributed by atoms with Crippen molar-refractivity contribution in [3.8, 4) is 5.69 Å². The first-order chi connectivity index (χ1) is 10.7. The summed E-state index contributed by atoms with van der Waals surface area (Å²) >= 11 is 0. The molecule has 0 radical (unpaired) electrons. The minimum absolute atomic E-state index is 0.111. The van der Waals surface area contributed by atoms with Crippen LogP contribution in [0.25, 0.3) is 5.69 Å². The van der Waals surface area contributed by atoms with Crippen LogP contribution in [0.3, 0.4) is 0 Å². The van der Waals surface area contributed by atoms with Crippen molar-refractivity contribution in [1.82, 2.24) is 15.1 Å². The lowest BCUT2D eigenvalue weighted by Gasteiger charge is -2.25. The molecule has 0 aliphatic carbocycles. The van der Waals surface area contributed by atoms with Crippen LogP contribution >= 0.6 is 0 Å². The summed E-state index contributed by atoms with van der Waals surface area (Å²) in [5, 5.41) is 15.9. The third-order valence-electron chi connectivity index (χ3n) is 3.59. The van der Waals surface area contributed by atoms with Gasteiger partial charge in [0.15, 0.2) is 5.69 Å². The highest BCUT2D eigenvalue weighted by Crippen LogP contribution is 2.27. The zero-order chi connectivity index (χ0) is 17.1. The van der Waals surface area contributed by atoms with E-state index in [-0.39, 0.29) is 12.1 Å². The van der Waals surface area contributed by atoms with Gasteiger partial charge >= 0.3 is 6.18 Å². The van der Waals surface area contributed by atoms with Gasteiger partial charge in [-0.2, -0.15) is 18.3 Å². The van der Waals surface area contributed by atoms with Gasteiger partial charge in [0.05, 0.1) is 5.69 Å².